The van der Waals surface area contributed by atoms with Crippen molar-refractivity contribution in [1.29, 1.82) is 0 Å². The number of nitrogens with one attached hydrogen (secondary N) is 1. The molecule has 0 aromatic carbocycles. The molecule has 3 atom stereocenters. The molecular weight excluding hydrogens is 271 g/mol. The van der Waals surface area contributed by atoms with Gasteiger partial charge in [0.05, 0.1) is 0 Å². The predicted octanol–water partition coefficient (Wildman–Crippen LogP) is 3.16. The summed E-state index contributed by atoms with van der Waals surface area (Å²) in [5, 5.41) is 12.4. The van der Waals surface area contributed by atoms with Crippen molar-refractivity contribution in [3.63, 3.8) is 0 Å². The minimum absolute atomic E-state index is 0.152. The number of carbonyl (C=O) groups excluding carboxylic acids is 1. The molecule has 1 aliphatic rings. The molecule has 0 aromatic heterocycles. The fourth-order valence-electron chi connectivity index (χ4n) is 2.82. The standard InChI is InChI=1S/C14H24F3NO2/c1-3-6-10(4-2)12(19)18-11-7-5-8-13(20,9-11)14(15,16)17/h10-11,20H,3-9H2,1-2H3,(H,18,19). The van der Waals surface area contributed by atoms with Crippen LogP contribution in [0.3, 0.4) is 0 Å². The summed E-state index contributed by atoms with van der Waals surface area (Å²) >= 11 is 0. The molecule has 0 heterocycles. The van der Waals surface area contributed by atoms with E-state index in [0.717, 1.165) is 12.8 Å². The van der Waals surface area contributed by atoms with Gasteiger partial charge in [0.15, 0.2) is 5.60 Å². The van der Waals surface area contributed by atoms with Gasteiger partial charge in [-0.05, 0) is 32.1 Å². The number of hydrogen-bond donors (Lipinski definition) is 2. The highest BCUT2D eigenvalue weighted by atomic mass is 19.4. The first kappa shape index (κ1) is 17.3. The molecule has 1 amide bonds. The zero-order valence-electron chi connectivity index (χ0n) is 12.1. The summed E-state index contributed by atoms with van der Waals surface area (Å²) in [7, 11) is 0. The van der Waals surface area contributed by atoms with Crippen LogP contribution in [-0.4, -0.2) is 28.8 Å². The maximum Gasteiger partial charge on any atom is 0.417 e. The Hall–Kier alpha value is -0.780. The van der Waals surface area contributed by atoms with Gasteiger partial charge in [-0.25, -0.2) is 0 Å². The van der Waals surface area contributed by atoms with E-state index in [1.165, 1.54) is 0 Å². The molecule has 0 spiro atoms. The molecule has 2 N–H and O–H groups in total. The second-order valence-electron chi connectivity index (χ2n) is 5.73. The molecule has 0 aliphatic heterocycles. The number of alkyl halides is 3. The van der Waals surface area contributed by atoms with E-state index in [0.29, 0.717) is 12.8 Å². The second-order valence-corrected chi connectivity index (χ2v) is 5.73. The highest BCUT2D eigenvalue weighted by Crippen LogP contribution is 2.41. The number of hydrogen-bond acceptors (Lipinski definition) is 2. The first-order valence-electron chi connectivity index (χ1n) is 7.33. The van der Waals surface area contributed by atoms with Crippen molar-refractivity contribution in [2.45, 2.75) is 76.6 Å². The molecule has 6 heteroatoms. The number of halogens is 3. The fourth-order valence-corrected chi connectivity index (χ4v) is 2.82. The van der Waals surface area contributed by atoms with E-state index in [-0.39, 0.29) is 24.7 Å². The van der Waals surface area contributed by atoms with Gasteiger partial charge < -0.3 is 10.4 Å². The van der Waals surface area contributed by atoms with Crippen LogP contribution in [0.1, 0.15) is 58.8 Å². The number of rotatable bonds is 5. The van der Waals surface area contributed by atoms with Crippen LogP contribution >= 0.6 is 0 Å². The third-order valence-electron chi connectivity index (χ3n) is 4.10. The van der Waals surface area contributed by atoms with Crippen molar-refractivity contribution < 1.29 is 23.1 Å². The summed E-state index contributed by atoms with van der Waals surface area (Å²) in [6.07, 6.45) is -2.32. The van der Waals surface area contributed by atoms with E-state index in [1.54, 1.807) is 0 Å². The zero-order valence-corrected chi connectivity index (χ0v) is 12.1. The largest absolute Gasteiger partial charge is 0.417 e. The molecule has 3 unspecified atom stereocenters. The van der Waals surface area contributed by atoms with Crippen LogP contribution in [0.25, 0.3) is 0 Å². The highest BCUT2D eigenvalue weighted by Gasteiger charge is 2.55. The van der Waals surface area contributed by atoms with Crippen LogP contribution in [0.5, 0.6) is 0 Å². The Labute approximate surface area is 117 Å². The van der Waals surface area contributed by atoms with E-state index in [9.17, 15) is 23.1 Å². The predicted molar refractivity (Wildman–Crippen MR) is 70.1 cm³/mol. The van der Waals surface area contributed by atoms with Crippen LogP contribution in [0.2, 0.25) is 0 Å². The zero-order chi connectivity index (χ0) is 15.4. The van der Waals surface area contributed by atoms with E-state index < -0.39 is 24.2 Å². The minimum atomic E-state index is -4.63. The first-order valence-corrected chi connectivity index (χ1v) is 7.33. The minimum Gasteiger partial charge on any atom is -0.380 e. The second kappa shape index (κ2) is 6.78. The maximum atomic E-state index is 12.8. The Morgan fingerprint density at radius 2 is 2.10 bits per heavy atom. The lowest BCUT2D eigenvalue weighted by molar-refractivity contribution is -0.271. The fraction of sp³-hybridized carbons (Fsp3) is 0.929. The number of aliphatic hydroxyl groups is 1. The molecule has 20 heavy (non-hydrogen) atoms. The SMILES string of the molecule is CCCC(CC)C(=O)NC1CCCC(O)(C(F)(F)F)C1. The molecule has 0 radical (unpaired) electrons. The van der Waals surface area contributed by atoms with Crippen molar-refractivity contribution in [2.75, 3.05) is 0 Å². The van der Waals surface area contributed by atoms with Crippen LogP contribution in [-0.2, 0) is 4.79 Å². The third-order valence-corrected chi connectivity index (χ3v) is 4.10. The van der Waals surface area contributed by atoms with Crippen molar-refractivity contribution in [1.82, 2.24) is 5.32 Å². The number of amides is 1. The molecule has 1 rings (SSSR count). The molecule has 1 saturated carbocycles. The first-order chi connectivity index (χ1) is 9.23. The Balaban J connectivity index is 2.62. The Bertz CT molecular complexity index is 333. The summed E-state index contributed by atoms with van der Waals surface area (Å²) in [6, 6.07) is -0.589. The van der Waals surface area contributed by atoms with E-state index in [4.69, 9.17) is 0 Å². The number of carbonyl (C=O) groups is 1. The van der Waals surface area contributed by atoms with Crippen molar-refractivity contribution >= 4 is 5.91 Å². The smallest absolute Gasteiger partial charge is 0.380 e. The Morgan fingerprint density at radius 3 is 2.60 bits per heavy atom. The lowest BCUT2D eigenvalue weighted by atomic mass is 9.81. The van der Waals surface area contributed by atoms with Crippen LogP contribution in [0.15, 0.2) is 0 Å². The monoisotopic (exact) mass is 295 g/mol. The van der Waals surface area contributed by atoms with Gasteiger partial charge in [0, 0.05) is 18.4 Å². The summed E-state index contributed by atoms with van der Waals surface area (Å²) in [4.78, 5) is 12.0. The molecule has 3 nitrogen and oxygen atoms in total. The quantitative estimate of drug-likeness (QED) is 0.818. The van der Waals surface area contributed by atoms with Crippen LogP contribution < -0.4 is 5.32 Å². The van der Waals surface area contributed by atoms with Gasteiger partial charge in [-0.2, -0.15) is 13.2 Å². The molecule has 0 saturated heterocycles. The highest BCUT2D eigenvalue weighted by molar-refractivity contribution is 5.78. The summed E-state index contributed by atoms with van der Waals surface area (Å²) < 4.78 is 38.5. The van der Waals surface area contributed by atoms with E-state index in [1.807, 2.05) is 13.8 Å². The van der Waals surface area contributed by atoms with Gasteiger partial charge in [-0.15, -0.1) is 0 Å². The van der Waals surface area contributed by atoms with Crippen molar-refractivity contribution in [2.24, 2.45) is 5.92 Å². The van der Waals surface area contributed by atoms with Crippen LogP contribution in [0.4, 0.5) is 13.2 Å². The molecule has 1 fully saturated rings. The molecule has 1 aliphatic carbocycles. The lowest BCUT2D eigenvalue weighted by Crippen LogP contribution is -2.54. The normalized spacial score (nSPS) is 29.0. The van der Waals surface area contributed by atoms with Crippen molar-refractivity contribution in [3.05, 3.63) is 0 Å². The van der Waals surface area contributed by atoms with Gasteiger partial charge in [0.1, 0.15) is 0 Å². The van der Waals surface area contributed by atoms with Crippen LogP contribution in [0, 0.1) is 5.92 Å². The van der Waals surface area contributed by atoms with Gasteiger partial charge in [0.2, 0.25) is 5.91 Å². The van der Waals surface area contributed by atoms with Gasteiger partial charge in [-0.1, -0.05) is 20.3 Å². The van der Waals surface area contributed by atoms with Gasteiger partial charge in [-0.3, -0.25) is 4.79 Å². The Morgan fingerprint density at radius 1 is 1.45 bits per heavy atom. The summed E-state index contributed by atoms with van der Waals surface area (Å²) in [5.41, 5.74) is -2.66. The third kappa shape index (κ3) is 4.11. The molecule has 0 bridgehead atoms. The topological polar surface area (TPSA) is 49.3 Å². The summed E-state index contributed by atoms with van der Waals surface area (Å²) in [5.74, 6) is -0.341. The van der Waals surface area contributed by atoms with Gasteiger partial charge in [0.25, 0.3) is 0 Å². The summed E-state index contributed by atoms with van der Waals surface area (Å²) in [6.45, 7) is 3.87. The lowest BCUT2D eigenvalue weighted by Gasteiger charge is -2.38. The van der Waals surface area contributed by atoms with Gasteiger partial charge >= 0.3 is 6.18 Å². The molecule has 118 valence electrons. The van der Waals surface area contributed by atoms with E-state index in [2.05, 4.69) is 5.32 Å². The Kier molecular flexibility index (Phi) is 5.86. The van der Waals surface area contributed by atoms with Crippen molar-refractivity contribution in [3.8, 4) is 0 Å². The maximum absolute atomic E-state index is 12.8. The molecular formula is C14H24F3NO2. The average Bonchev–Trinajstić information content (AvgIpc) is 2.34. The molecule has 0 aromatic rings. The average molecular weight is 295 g/mol. The van der Waals surface area contributed by atoms with E-state index >= 15 is 0 Å².